The molecule has 0 atom stereocenters. The molecular weight excluding hydrogens is 470 g/mol. The van der Waals surface area contributed by atoms with Crippen LogP contribution in [0.15, 0.2) is 12.1 Å². The first-order valence-electron chi connectivity index (χ1n) is 13.6. The summed E-state index contributed by atoms with van der Waals surface area (Å²) in [5.74, 6) is -0.391. The number of rotatable bonds is 19. The highest BCUT2D eigenvalue weighted by molar-refractivity contribution is 6.21. The molecule has 0 aliphatic rings. The second-order valence-corrected chi connectivity index (χ2v) is 10.1. The van der Waals surface area contributed by atoms with Crippen LogP contribution in [0.4, 0.5) is 8.78 Å². The van der Waals surface area contributed by atoms with Crippen molar-refractivity contribution in [3.63, 3.8) is 0 Å². The van der Waals surface area contributed by atoms with Gasteiger partial charge in [-0.15, -0.1) is 0 Å². The van der Waals surface area contributed by atoms with Crippen LogP contribution < -0.4 is 5.32 Å². The van der Waals surface area contributed by atoms with Crippen LogP contribution in [0.2, 0.25) is 0 Å². The van der Waals surface area contributed by atoms with Gasteiger partial charge in [-0.05, 0) is 31.0 Å². The Morgan fingerprint density at radius 1 is 0.886 bits per heavy atom. The van der Waals surface area contributed by atoms with Crippen LogP contribution in [0.1, 0.15) is 132 Å². The highest BCUT2D eigenvalue weighted by Gasteiger charge is 2.32. The number of fused-ring (bicyclic) bond motifs is 1. The van der Waals surface area contributed by atoms with Crippen molar-refractivity contribution < 1.29 is 13.6 Å². The summed E-state index contributed by atoms with van der Waals surface area (Å²) >= 11 is 5.19. The second kappa shape index (κ2) is 16.1. The number of aromatic nitrogens is 3. The van der Waals surface area contributed by atoms with E-state index >= 15 is 0 Å². The third-order valence-electron chi connectivity index (χ3n) is 6.39. The van der Waals surface area contributed by atoms with Gasteiger partial charge in [0.25, 0.3) is 5.91 Å². The Hall–Kier alpha value is -1.76. The van der Waals surface area contributed by atoms with E-state index in [-0.39, 0.29) is 11.3 Å². The zero-order valence-corrected chi connectivity index (χ0v) is 22.3. The van der Waals surface area contributed by atoms with Crippen molar-refractivity contribution in [1.82, 2.24) is 19.9 Å². The van der Waals surface area contributed by atoms with Crippen molar-refractivity contribution in [1.29, 1.82) is 0 Å². The van der Waals surface area contributed by atoms with E-state index in [0.29, 0.717) is 12.2 Å². The number of nitrogens with one attached hydrogen (secondary N) is 1. The van der Waals surface area contributed by atoms with Gasteiger partial charge in [0, 0.05) is 18.3 Å². The predicted molar refractivity (Wildman–Crippen MR) is 139 cm³/mol. The SMILES string of the molecule is CCCCCCCCCCCCCCCCCCNC(=O)c1cc2nc(C)cc(C(F)(F)Cl)n2n1. The molecule has 0 aliphatic heterocycles. The fourth-order valence-electron chi connectivity index (χ4n) is 4.38. The van der Waals surface area contributed by atoms with E-state index in [4.69, 9.17) is 11.6 Å². The summed E-state index contributed by atoms with van der Waals surface area (Å²) in [5, 5.41) is 3.21. The molecule has 35 heavy (non-hydrogen) atoms. The fraction of sp³-hybridized carbons (Fsp3) is 0.741. The molecule has 2 rings (SSSR count). The number of unbranched alkanes of at least 4 members (excludes halogenated alkanes) is 15. The minimum atomic E-state index is -3.60. The largest absolute Gasteiger partial charge is 0.364 e. The van der Waals surface area contributed by atoms with Crippen LogP contribution in [0, 0.1) is 6.92 Å². The monoisotopic (exact) mass is 512 g/mol. The molecule has 2 aromatic heterocycles. The van der Waals surface area contributed by atoms with Crippen molar-refractivity contribution >= 4 is 23.2 Å². The van der Waals surface area contributed by atoms with E-state index in [2.05, 4.69) is 22.3 Å². The van der Waals surface area contributed by atoms with Crippen molar-refractivity contribution in [2.45, 2.75) is 122 Å². The second-order valence-electron chi connectivity index (χ2n) is 9.64. The first kappa shape index (κ1) is 29.5. The highest BCUT2D eigenvalue weighted by atomic mass is 35.5. The third kappa shape index (κ3) is 11.2. The molecule has 2 aromatic rings. The van der Waals surface area contributed by atoms with E-state index < -0.39 is 17.0 Å². The van der Waals surface area contributed by atoms with Gasteiger partial charge in [-0.2, -0.15) is 13.9 Å². The van der Waals surface area contributed by atoms with Gasteiger partial charge in [-0.3, -0.25) is 4.79 Å². The average molecular weight is 513 g/mol. The number of hydrogen-bond donors (Lipinski definition) is 1. The summed E-state index contributed by atoms with van der Waals surface area (Å²) in [6.07, 6.45) is 20.8. The summed E-state index contributed by atoms with van der Waals surface area (Å²) in [6, 6.07) is 2.58. The number of alkyl halides is 3. The minimum Gasteiger partial charge on any atom is -0.351 e. The van der Waals surface area contributed by atoms with Crippen molar-refractivity contribution in [3.8, 4) is 0 Å². The van der Waals surface area contributed by atoms with E-state index in [1.54, 1.807) is 6.92 Å². The zero-order chi connectivity index (χ0) is 25.5. The van der Waals surface area contributed by atoms with Crippen LogP contribution in [0.3, 0.4) is 0 Å². The van der Waals surface area contributed by atoms with Crippen molar-refractivity contribution in [3.05, 3.63) is 29.2 Å². The molecule has 0 aromatic carbocycles. The quantitative estimate of drug-likeness (QED) is 0.152. The Bertz CT molecular complexity index is 882. The van der Waals surface area contributed by atoms with E-state index in [1.165, 1.54) is 102 Å². The van der Waals surface area contributed by atoms with Gasteiger partial charge >= 0.3 is 5.38 Å². The van der Waals surface area contributed by atoms with E-state index in [1.807, 2.05) is 0 Å². The lowest BCUT2D eigenvalue weighted by Gasteiger charge is -2.10. The molecule has 198 valence electrons. The fourth-order valence-corrected chi connectivity index (χ4v) is 4.51. The molecule has 0 saturated carbocycles. The normalized spacial score (nSPS) is 11.9. The number of amides is 1. The Labute approximate surface area is 214 Å². The first-order valence-corrected chi connectivity index (χ1v) is 13.9. The van der Waals surface area contributed by atoms with E-state index in [9.17, 15) is 13.6 Å². The van der Waals surface area contributed by atoms with Gasteiger partial charge in [-0.1, -0.05) is 103 Å². The smallest absolute Gasteiger partial charge is 0.351 e. The molecule has 0 aliphatic carbocycles. The average Bonchev–Trinajstić information content (AvgIpc) is 3.23. The molecule has 0 spiro atoms. The minimum absolute atomic E-state index is 0.0572. The lowest BCUT2D eigenvalue weighted by molar-refractivity contribution is 0.0864. The standard InChI is InChI=1S/C27H43ClF2N4O/c1-3-4-5-6-7-8-9-10-11-12-13-14-15-16-17-18-19-31-26(35)23-21-25-32-22(2)20-24(27(28,29)30)34(25)33-23/h20-21H,3-19H2,1-2H3,(H,31,35). The Kier molecular flexibility index (Phi) is 13.5. The highest BCUT2D eigenvalue weighted by Crippen LogP contribution is 2.32. The lowest BCUT2D eigenvalue weighted by Crippen LogP contribution is -2.25. The lowest BCUT2D eigenvalue weighted by atomic mass is 10.0. The van der Waals surface area contributed by atoms with Crippen LogP contribution in [0.25, 0.3) is 5.65 Å². The number of carbonyl (C=O) groups is 1. The van der Waals surface area contributed by atoms with Gasteiger partial charge < -0.3 is 5.32 Å². The molecule has 0 bridgehead atoms. The van der Waals surface area contributed by atoms with Gasteiger partial charge in [0.15, 0.2) is 11.3 Å². The molecule has 0 fully saturated rings. The van der Waals surface area contributed by atoms with Gasteiger partial charge in [0.2, 0.25) is 0 Å². The number of halogens is 3. The maximum atomic E-state index is 13.7. The van der Waals surface area contributed by atoms with Crippen LogP contribution >= 0.6 is 11.6 Å². The number of nitrogens with zero attached hydrogens (tertiary/aromatic N) is 3. The molecule has 5 nitrogen and oxygen atoms in total. The molecule has 0 radical (unpaired) electrons. The van der Waals surface area contributed by atoms with Crippen molar-refractivity contribution in [2.75, 3.05) is 6.54 Å². The Balaban J connectivity index is 1.50. The zero-order valence-electron chi connectivity index (χ0n) is 21.6. The van der Waals surface area contributed by atoms with Gasteiger partial charge in [-0.25, -0.2) is 9.50 Å². The summed E-state index contributed by atoms with van der Waals surface area (Å²) in [6.45, 7) is 4.39. The number of carbonyl (C=O) groups excluding carboxylic acids is 1. The maximum absolute atomic E-state index is 13.7. The maximum Gasteiger partial charge on any atom is 0.364 e. The molecule has 8 heteroatoms. The van der Waals surface area contributed by atoms with E-state index in [0.717, 1.165) is 17.4 Å². The number of aryl methyl sites for hydroxylation is 1. The Morgan fingerprint density at radius 2 is 1.37 bits per heavy atom. The van der Waals surface area contributed by atoms with Crippen LogP contribution in [-0.4, -0.2) is 27.0 Å². The summed E-state index contributed by atoms with van der Waals surface area (Å²) in [7, 11) is 0. The molecule has 1 N–H and O–H groups in total. The van der Waals surface area contributed by atoms with Gasteiger partial charge in [0.05, 0.1) is 0 Å². The predicted octanol–water partition coefficient (Wildman–Crippen LogP) is 8.32. The van der Waals surface area contributed by atoms with Gasteiger partial charge in [0.1, 0.15) is 5.69 Å². The summed E-state index contributed by atoms with van der Waals surface area (Å²) in [5.41, 5.74) is 0.112. The molecular formula is C27H43ClF2N4O. The molecule has 0 saturated heterocycles. The Morgan fingerprint density at radius 3 is 1.86 bits per heavy atom. The topological polar surface area (TPSA) is 59.3 Å². The summed E-state index contributed by atoms with van der Waals surface area (Å²) in [4.78, 5) is 16.5. The van der Waals surface area contributed by atoms with Crippen LogP contribution in [-0.2, 0) is 5.38 Å². The first-order chi connectivity index (χ1) is 16.8. The molecule has 2 heterocycles. The van der Waals surface area contributed by atoms with Crippen molar-refractivity contribution in [2.24, 2.45) is 0 Å². The molecule has 0 unspecified atom stereocenters. The van der Waals surface area contributed by atoms with Crippen LogP contribution in [0.5, 0.6) is 0 Å². The molecule has 1 amide bonds. The number of hydrogen-bond acceptors (Lipinski definition) is 3. The third-order valence-corrected chi connectivity index (χ3v) is 6.59. The summed E-state index contributed by atoms with van der Waals surface area (Å²) < 4.78 is 28.3.